The van der Waals surface area contributed by atoms with Gasteiger partial charge in [-0.1, -0.05) is 6.58 Å². The molecular formula is C9H13NO3. The van der Waals surface area contributed by atoms with E-state index in [2.05, 4.69) is 6.58 Å². The van der Waals surface area contributed by atoms with Gasteiger partial charge in [-0.05, 0) is 25.3 Å². The van der Waals surface area contributed by atoms with Gasteiger partial charge in [0.05, 0.1) is 0 Å². The lowest BCUT2D eigenvalue weighted by Gasteiger charge is -2.31. The van der Waals surface area contributed by atoms with Crippen molar-refractivity contribution in [2.45, 2.75) is 25.3 Å². The Morgan fingerprint density at radius 3 is 2.69 bits per heavy atom. The topological polar surface area (TPSA) is 57.6 Å². The van der Waals surface area contributed by atoms with Crippen LogP contribution >= 0.6 is 0 Å². The number of hydrogen-bond acceptors (Lipinski definition) is 2. The van der Waals surface area contributed by atoms with E-state index in [0.717, 1.165) is 12.8 Å². The summed E-state index contributed by atoms with van der Waals surface area (Å²) in [5, 5.41) is 8.82. The van der Waals surface area contributed by atoms with Crippen LogP contribution in [-0.4, -0.2) is 34.5 Å². The molecule has 4 heteroatoms. The summed E-state index contributed by atoms with van der Waals surface area (Å²) in [7, 11) is 0. The second-order valence-electron chi connectivity index (χ2n) is 3.09. The van der Waals surface area contributed by atoms with Gasteiger partial charge in [-0.15, -0.1) is 0 Å². The quantitative estimate of drug-likeness (QED) is 0.639. The van der Waals surface area contributed by atoms with E-state index in [1.165, 1.54) is 11.0 Å². The Labute approximate surface area is 76.8 Å². The SMILES string of the molecule is C=CC(=O)N1CCCC[C@H]1C(=O)O. The molecule has 0 aliphatic carbocycles. The third kappa shape index (κ3) is 2.08. The van der Waals surface area contributed by atoms with E-state index in [0.29, 0.717) is 13.0 Å². The molecule has 1 amide bonds. The number of carbonyl (C=O) groups excluding carboxylic acids is 1. The normalized spacial score (nSPS) is 22.5. The highest BCUT2D eigenvalue weighted by Crippen LogP contribution is 2.17. The van der Waals surface area contributed by atoms with Gasteiger partial charge in [-0.3, -0.25) is 4.79 Å². The zero-order valence-electron chi connectivity index (χ0n) is 7.40. The maximum atomic E-state index is 11.2. The first kappa shape index (κ1) is 9.77. The Bertz CT molecular complexity index is 237. The molecule has 0 saturated carbocycles. The van der Waals surface area contributed by atoms with Crippen molar-refractivity contribution in [3.63, 3.8) is 0 Å². The number of hydrogen-bond donors (Lipinski definition) is 1. The van der Waals surface area contributed by atoms with Gasteiger partial charge >= 0.3 is 5.97 Å². The predicted octanol–water partition coefficient (Wildman–Crippen LogP) is 0.638. The molecule has 0 radical (unpaired) electrons. The van der Waals surface area contributed by atoms with Crippen LogP contribution in [0.4, 0.5) is 0 Å². The molecule has 72 valence electrons. The number of rotatable bonds is 2. The fourth-order valence-electron chi connectivity index (χ4n) is 1.57. The van der Waals surface area contributed by atoms with Crippen molar-refractivity contribution < 1.29 is 14.7 Å². The van der Waals surface area contributed by atoms with Gasteiger partial charge < -0.3 is 10.0 Å². The molecule has 0 aromatic heterocycles. The number of carboxylic acids is 1. The summed E-state index contributed by atoms with van der Waals surface area (Å²) in [5.41, 5.74) is 0. The lowest BCUT2D eigenvalue weighted by Crippen LogP contribution is -2.47. The second-order valence-corrected chi connectivity index (χ2v) is 3.09. The highest BCUT2D eigenvalue weighted by molar-refractivity contribution is 5.90. The summed E-state index contributed by atoms with van der Waals surface area (Å²) < 4.78 is 0. The van der Waals surface area contributed by atoms with Crippen LogP contribution in [0, 0.1) is 0 Å². The molecule has 13 heavy (non-hydrogen) atoms. The highest BCUT2D eigenvalue weighted by atomic mass is 16.4. The molecule has 1 aliphatic rings. The van der Waals surface area contributed by atoms with Crippen molar-refractivity contribution in [2.75, 3.05) is 6.54 Å². The Balaban J connectivity index is 2.72. The molecule has 0 spiro atoms. The standard InChI is InChI=1S/C9H13NO3/c1-2-8(11)10-6-4-3-5-7(10)9(12)13/h2,7H,1,3-6H2,(H,12,13)/t7-/m0/s1. The van der Waals surface area contributed by atoms with E-state index in [1.54, 1.807) is 0 Å². The smallest absolute Gasteiger partial charge is 0.326 e. The highest BCUT2D eigenvalue weighted by Gasteiger charge is 2.30. The van der Waals surface area contributed by atoms with E-state index in [1.807, 2.05) is 0 Å². The van der Waals surface area contributed by atoms with Crippen LogP contribution in [0.3, 0.4) is 0 Å². The predicted molar refractivity (Wildman–Crippen MR) is 47.2 cm³/mol. The number of piperidine rings is 1. The summed E-state index contributed by atoms with van der Waals surface area (Å²) in [6.45, 7) is 3.88. The Morgan fingerprint density at radius 2 is 2.15 bits per heavy atom. The van der Waals surface area contributed by atoms with Crippen LogP contribution < -0.4 is 0 Å². The molecule has 1 N–H and O–H groups in total. The summed E-state index contributed by atoms with van der Waals surface area (Å²) in [6, 6.07) is -0.653. The van der Waals surface area contributed by atoms with Crippen LogP contribution in [0.25, 0.3) is 0 Å². The summed E-state index contributed by atoms with van der Waals surface area (Å²) in [4.78, 5) is 23.4. The fraction of sp³-hybridized carbons (Fsp3) is 0.556. The molecule has 1 rings (SSSR count). The van der Waals surface area contributed by atoms with E-state index in [9.17, 15) is 9.59 Å². The number of carboxylic acid groups (broad SMARTS) is 1. The minimum Gasteiger partial charge on any atom is -0.480 e. The Hall–Kier alpha value is -1.32. The number of aliphatic carboxylic acids is 1. The number of carbonyl (C=O) groups is 2. The van der Waals surface area contributed by atoms with Gasteiger partial charge in [-0.2, -0.15) is 0 Å². The zero-order valence-corrected chi connectivity index (χ0v) is 7.40. The van der Waals surface area contributed by atoms with Crippen molar-refractivity contribution in [2.24, 2.45) is 0 Å². The maximum absolute atomic E-state index is 11.2. The van der Waals surface area contributed by atoms with Gasteiger partial charge in [0.15, 0.2) is 0 Å². The van der Waals surface area contributed by atoms with Crippen molar-refractivity contribution >= 4 is 11.9 Å². The van der Waals surface area contributed by atoms with E-state index in [-0.39, 0.29) is 5.91 Å². The van der Waals surface area contributed by atoms with Gasteiger partial charge in [0.1, 0.15) is 6.04 Å². The molecule has 4 nitrogen and oxygen atoms in total. The van der Waals surface area contributed by atoms with Gasteiger partial charge in [-0.25, -0.2) is 4.79 Å². The Kier molecular flexibility index (Phi) is 3.06. The molecule has 0 aromatic rings. The molecular weight excluding hydrogens is 170 g/mol. The number of likely N-dealkylation sites (tertiary alicyclic amines) is 1. The average Bonchev–Trinajstić information content (AvgIpc) is 2.16. The molecule has 1 atom stereocenters. The van der Waals surface area contributed by atoms with E-state index >= 15 is 0 Å². The minimum absolute atomic E-state index is 0.285. The molecule has 0 unspecified atom stereocenters. The van der Waals surface area contributed by atoms with Crippen LogP contribution in [-0.2, 0) is 9.59 Å². The maximum Gasteiger partial charge on any atom is 0.326 e. The van der Waals surface area contributed by atoms with Crippen LogP contribution in [0.15, 0.2) is 12.7 Å². The van der Waals surface area contributed by atoms with Gasteiger partial charge in [0, 0.05) is 6.54 Å². The number of amides is 1. The van der Waals surface area contributed by atoms with Crippen molar-refractivity contribution in [3.05, 3.63) is 12.7 Å². The summed E-state index contributed by atoms with van der Waals surface area (Å²) >= 11 is 0. The second kappa shape index (κ2) is 4.07. The van der Waals surface area contributed by atoms with E-state index in [4.69, 9.17) is 5.11 Å². The summed E-state index contributed by atoms with van der Waals surface area (Å²) in [5.74, 6) is -1.21. The first-order chi connectivity index (χ1) is 6.16. The molecule has 0 aromatic carbocycles. The van der Waals surface area contributed by atoms with Crippen LogP contribution in [0.2, 0.25) is 0 Å². The summed E-state index contributed by atoms with van der Waals surface area (Å²) in [6.07, 6.45) is 3.47. The minimum atomic E-state index is -0.921. The van der Waals surface area contributed by atoms with Crippen molar-refractivity contribution in [1.29, 1.82) is 0 Å². The monoisotopic (exact) mass is 183 g/mol. The van der Waals surface area contributed by atoms with Gasteiger partial charge in [0.25, 0.3) is 0 Å². The largest absolute Gasteiger partial charge is 0.480 e. The molecule has 1 fully saturated rings. The third-order valence-corrected chi connectivity index (χ3v) is 2.25. The fourth-order valence-corrected chi connectivity index (χ4v) is 1.57. The first-order valence-electron chi connectivity index (χ1n) is 4.32. The molecule has 1 saturated heterocycles. The average molecular weight is 183 g/mol. The Morgan fingerprint density at radius 1 is 1.46 bits per heavy atom. The first-order valence-corrected chi connectivity index (χ1v) is 4.32. The number of nitrogens with zero attached hydrogens (tertiary/aromatic N) is 1. The third-order valence-electron chi connectivity index (χ3n) is 2.25. The molecule has 1 heterocycles. The van der Waals surface area contributed by atoms with E-state index < -0.39 is 12.0 Å². The van der Waals surface area contributed by atoms with Crippen molar-refractivity contribution in [3.8, 4) is 0 Å². The molecule has 0 bridgehead atoms. The van der Waals surface area contributed by atoms with Crippen LogP contribution in [0.1, 0.15) is 19.3 Å². The van der Waals surface area contributed by atoms with Crippen molar-refractivity contribution in [1.82, 2.24) is 4.90 Å². The lowest BCUT2D eigenvalue weighted by atomic mass is 10.0. The molecule has 1 aliphatic heterocycles. The van der Waals surface area contributed by atoms with Crippen LogP contribution in [0.5, 0.6) is 0 Å². The lowest BCUT2D eigenvalue weighted by molar-refractivity contribution is -0.150. The zero-order chi connectivity index (χ0) is 9.84. The van der Waals surface area contributed by atoms with Gasteiger partial charge in [0.2, 0.25) is 5.91 Å².